The standard InChI is InChI=1S/C47H34N4O4.C27H26N4O4.C25H22N4.3Pt/c1-47(2,41-27-15-25-39(48-41)37-29-31-43(52-33-17-7-3-8-18-33)50-45(37)54-35-21-11-5-12-22-35)42-28-16-26-40(49-42)38-30-32-44(53-34-19-9-4-10-20-34)51-46(38)55-36-23-13-6-14-24-36;1-27(2,21-11-7-9-19(28-21)17-13-15-23(32-3)30-25(17)34-5)22-12-8-10-20(29-22)18-14-16-24(33-4)31-26(18)35-6;1-17-19(9-7-15-26-17)21-11-5-13-23(28-21)25(3,4)24-14-6-12-22(29-24)20-10-8-16-27-18(20)2;;;/h3-28,31-32H,1-2H3;7-12,15-16H,1-6H3;5-8,11-16H,1-4H3;;;/q3*-2;3*+2. The van der Waals surface area contributed by atoms with Crippen LogP contribution >= 0.6 is 0 Å². The molecule has 16 aromatic rings. The average Bonchev–Trinajstić information content (AvgIpc) is 0.784. The van der Waals surface area contributed by atoms with Crippen molar-refractivity contribution < 1.29 is 101 Å². The van der Waals surface area contributed by atoms with Gasteiger partial charge in [0, 0.05) is 50.4 Å². The van der Waals surface area contributed by atoms with E-state index in [-0.39, 0.29) is 68.6 Å². The maximum atomic E-state index is 6.31. The monoisotopic (exact) mass is 2150 g/mol. The Kier molecular flexibility index (Phi) is 30.5. The Bertz CT molecular complexity index is 5820. The number of hydrogen-bond donors (Lipinski definition) is 0. The molecule has 12 aromatic heterocycles. The van der Waals surface area contributed by atoms with Crippen LogP contribution in [0.25, 0.3) is 67.5 Å². The summed E-state index contributed by atoms with van der Waals surface area (Å²) < 4.78 is 46.0. The Balaban J connectivity index is 0.000000188. The molecule has 0 atom stereocenters. The number of para-hydroxylation sites is 4. The number of aryl methyl sites for hydroxylation is 2. The van der Waals surface area contributed by atoms with Gasteiger partial charge in [-0.05, 0) is 172 Å². The summed E-state index contributed by atoms with van der Waals surface area (Å²) in [7, 11) is 6.21. The summed E-state index contributed by atoms with van der Waals surface area (Å²) in [4.78, 5) is 56.9. The third kappa shape index (κ3) is 21.5. The van der Waals surface area contributed by atoms with Crippen molar-refractivity contribution in [2.75, 3.05) is 28.4 Å². The summed E-state index contributed by atoms with van der Waals surface area (Å²) >= 11 is 0. The number of benzene rings is 4. The van der Waals surface area contributed by atoms with Gasteiger partial charge in [-0.2, -0.15) is 0 Å². The fourth-order valence-corrected chi connectivity index (χ4v) is 12.8. The van der Waals surface area contributed by atoms with Gasteiger partial charge in [-0.25, -0.2) is 0 Å². The van der Waals surface area contributed by atoms with E-state index in [1.807, 2.05) is 257 Å². The molecule has 0 aliphatic rings. The molecule has 0 saturated carbocycles. The van der Waals surface area contributed by atoms with Crippen molar-refractivity contribution >= 4 is 0 Å². The minimum absolute atomic E-state index is 0. The molecular formula is C99H82N12O8Pt3. The zero-order valence-corrected chi connectivity index (χ0v) is 75.5. The first kappa shape index (κ1) is 89.9. The van der Waals surface area contributed by atoms with Gasteiger partial charge < -0.3 is 77.8 Å². The van der Waals surface area contributed by atoms with Crippen LogP contribution in [0.5, 0.6) is 70.0 Å². The van der Waals surface area contributed by atoms with E-state index >= 15 is 0 Å². The molecule has 0 radical (unpaired) electrons. The molecule has 0 aliphatic carbocycles. The number of aromatic nitrogens is 12. The second kappa shape index (κ2) is 41.4. The molecule has 616 valence electrons. The number of pyridine rings is 12. The fraction of sp³-hybridized carbons (Fsp3) is 0.152. The Labute approximate surface area is 753 Å². The Morgan fingerprint density at radius 1 is 0.238 bits per heavy atom. The topological polar surface area (TPSA) is 229 Å². The molecule has 0 N–H and O–H groups in total. The van der Waals surface area contributed by atoms with Crippen LogP contribution in [0.3, 0.4) is 0 Å². The minimum Gasteiger partial charge on any atom is -0.524 e. The number of rotatable bonds is 24. The van der Waals surface area contributed by atoms with Crippen molar-refractivity contribution in [1.29, 1.82) is 0 Å². The number of nitrogens with zero attached hydrogens (tertiary/aromatic N) is 12. The van der Waals surface area contributed by atoms with Gasteiger partial charge in [-0.1, -0.05) is 218 Å². The van der Waals surface area contributed by atoms with Crippen LogP contribution in [0.15, 0.2) is 279 Å². The number of methoxy groups -OCH3 is 4. The van der Waals surface area contributed by atoms with Gasteiger partial charge in [0.25, 0.3) is 0 Å². The molecule has 12 heterocycles. The fourth-order valence-electron chi connectivity index (χ4n) is 12.8. The van der Waals surface area contributed by atoms with Gasteiger partial charge in [-0.15, -0.1) is 59.7 Å². The van der Waals surface area contributed by atoms with Crippen LogP contribution in [0.2, 0.25) is 0 Å². The summed E-state index contributed by atoms with van der Waals surface area (Å²) in [5, 5.41) is 0. The largest absolute Gasteiger partial charge is 2.00 e. The molecule has 0 spiro atoms. The summed E-state index contributed by atoms with van der Waals surface area (Å²) in [6.45, 7) is 16.6. The maximum absolute atomic E-state index is 6.31. The molecule has 23 heteroatoms. The zero-order chi connectivity index (χ0) is 82.9. The summed E-state index contributed by atoms with van der Waals surface area (Å²) in [5.74, 6) is 5.51. The molecule has 0 bridgehead atoms. The Morgan fingerprint density at radius 2 is 0.475 bits per heavy atom. The van der Waals surface area contributed by atoms with Gasteiger partial charge in [0.15, 0.2) is 0 Å². The van der Waals surface area contributed by atoms with Gasteiger partial charge >= 0.3 is 63.2 Å². The SMILES string of the molecule is CC(C)(c1cccc(-c2[c-]cc(Oc3ccccc3)nc2Oc2ccccc2)n1)c1cccc(-c2[c-]cc(Oc3ccccc3)nc2Oc2ccccc2)n1.COc1c[c-]c(-c2cccc(C(C)(C)c3cccc(-c4[c-]cc(OC)nc4OC)n3)n2)c(OC)n1.Cc1ncc[c-]c1-c1cccc(C(C)(C)c2cccc(-c3[c-]ccnc3C)n2)n1.[Pt+2].[Pt+2].[Pt+2]. The zero-order valence-electron chi connectivity index (χ0n) is 68.6. The van der Waals surface area contributed by atoms with Crippen LogP contribution in [0.4, 0.5) is 0 Å². The van der Waals surface area contributed by atoms with Gasteiger partial charge in [0.2, 0.25) is 0 Å². The van der Waals surface area contributed by atoms with E-state index in [2.05, 4.69) is 97.9 Å². The molecule has 122 heavy (non-hydrogen) atoms. The van der Waals surface area contributed by atoms with E-state index in [0.29, 0.717) is 115 Å². The van der Waals surface area contributed by atoms with Crippen molar-refractivity contribution in [3.8, 4) is 138 Å². The van der Waals surface area contributed by atoms with Crippen LogP contribution in [0, 0.1) is 50.2 Å². The molecule has 0 saturated heterocycles. The first-order valence-electron chi connectivity index (χ1n) is 38.2. The third-order valence-corrected chi connectivity index (χ3v) is 19.5. The maximum Gasteiger partial charge on any atom is 2.00 e. The van der Waals surface area contributed by atoms with Crippen LogP contribution < -0.4 is 37.9 Å². The third-order valence-electron chi connectivity index (χ3n) is 19.5. The predicted octanol–water partition coefficient (Wildman–Crippen LogP) is 21.4. The van der Waals surface area contributed by atoms with Crippen molar-refractivity contribution in [1.82, 2.24) is 59.8 Å². The molecule has 0 fully saturated rings. The minimum atomic E-state index is -0.638. The Morgan fingerprint density at radius 3 is 0.730 bits per heavy atom. The van der Waals surface area contributed by atoms with Crippen molar-refractivity contribution in [3.05, 3.63) is 361 Å². The van der Waals surface area contributed by atoms with E-state index in [0.717, 1.165) is 68.1 Å². The smallest absolute Gasteiger partial charge is 0.524 e. The van der Waals surface area contributed by atoms with E-state index in [9.17, 15) is 0 Å². The van der Waals surface area contributed by atoms with E-state index in [1.54, 1.807) is 65.1 Å². The van der Waals surface area contributed by atoms with Crippen molar-refractivity contribution in [3.63, 3.8) is 0 Å². The predicted molar refractivity (Wildman–Crippen MR) is 456 cm³/mol. The average molecular weight is 2150 g/mol. The summed E-state index contributed by atoms with van der Waals surface area (Å²) in [6.07, 6.45) is 3.50. The normalized spacial score (nSPS) is 10.9. The van der Waals surface area contributed by atoms with E-state index in [4.69, 9.17) is 77.8 Å². The van der Waals surface area contributed by atoms with Crippen molar-refractivity contribution in [2.45, 2.75) is 71.6 Å². The molecule has 0 aliphatic heterocycles. The molecule has 0 amide bonds. The van der Waals surface area contributed by atoms with Crippen LogP contribution in [0.1, 0.15) is 87.1 Å². The summed E-state index contributed by atoms with van der Waals surface area (Å²) in [6, 6.07) is 103. The van der Waals surface area contributed by atoms with Crippen LogP contribution in [-0.2, 0) is 79.4 Å². The summed E-state index contributed by atoms with van der Waals surface area (Å²) in [5.41, 5.74) is 14.1. The van der Waals surface area contributed by atoms with Crippen LogP contribution in [-0.4, -0.2) is 88.2 Å². The molecular weight excluding hydrogens is 2070 g/mol. The first-order chi connectivity index (χ1) is 57.8. The molecule has 20 nitrogen and oxygen atoms in total. The van der Waals surface area contributed by atoms with Gasteiger partial charge in [-0.3, -0.25) is 19.9 Å². The van der Waals surface area contributed by atoms with E-state index < -0.39 is 10.8 Å². The van der Waals surface area contributed by atoms with Crippen molar-refractivity contribution in [2.24, 2.45) is 0 Å². The van der Waals surface area contributed by atoms with E-state index in [1.165, 1.54) is 0 Å². The molecule has 0 unspecified atom stereocenters. The van der Waals surface area contributed by atoms with Gasteiger partial charge in [0.1, 0.15) is 70.0 Å². The Hall–Kier alpha value is -12.9. The molecule has 16 rings (SSSR count). The number of ether oxygens (including phenoxy) is 8. The number of hydrogen-bond acceptors (Lipinski definition) is 20. The first-order valence-corrected chi connectivity index (χ1v) is 38.2. The second-order valence-corrected chi connectivity index (χ2v) is 28.6. The molecule has 4 aromatic carbocycles. The second-order valence-electron chi connectivity index (χ2n) is 28.6. The van der Waals surface area contributed by atoms with Gasteiger partial charge in [0.05, 0.1) is 28.4 Å². The quantitative estimate of drug-likeness (QED) is 0.0512.